The minimum Gasteiger partial charge on any atom is -0.388 e. The lowest BCUT2D eigenvalue weighted by Crippen LogP contribution is -2.15. The van der Waals surface area contributed by atoms with Gasteiger partial charge in [-0.1, -0.05) is 73.9 Å². The van der Waals surface area contributed by atoms with Crippen LogP contribution in [0.25, 0.3) is 11.1 Å². The summed E-state index contributed by atoms with van der Waals surface area (Å²) in [6.45, 7) is 0. The summed E-state index contributed by atoms with van der Waals surface area (Å²) in [7, 11) is 0. The van der Waals surface area contributed by atoms with Crippen molar-refractivity contribution in [2.75, 3.05) is 0 Å². The lowest BCUT2D eigenvalue weighted by atomic mass is 9.82. The normalized spacial score (nSPS) is 17.9. The predicted molar refractivity (Wildman–Crippen MR) is 83.4 cm³/mol. The second-order valence-electron chi connectivity index (χ2n) is 5.83. The van der Waals surface area contributed by atoms with Gasteiger partial charge in [0, 0.05) is 0 Å². The molecule has 0 saturated heterocycles. The van der Waals surface area contributed by atoms with Crippen molar-refractivity contribution in [3.8, 4) is 11.1 Å². The van der Waals surface area contributed by atoms with E-state index in [2.05, 4.69) is 48.5 Å². The van der Waals surface area contributed by atoms with Crippen LogP contribution in [0.15, 0.2) is 54.6 Å². The lowest BCUT2D eigenvalue weighted by Gasteiger charge is -2.26. The number of hydrogen-bond donors (Lipinski definition) is 1. The van der Waals surface area contributed by atoms with Gasteiger partial charge in [0.05, 0.1) is 6.10 Å². The second kappa shape index (κ2) is 6.23. The van der Waals surface area contributed by atoms with Crippen LogP contribution in [0.1, 0.15) is 43.8 Å². The Hall–Kier alpha value is -1.60. The topological polar surface area (TPSA) is 20.2 Å². The van der Waals surface area contributed by atoms with E-state index in [1.54, 1.807) is 0 Å². The van der Waals surface area contributed by atoms with Gasteiger partial charge < -0.3 is 5.11 Å². The van der Waals surface area contributed by atoms with Crippen LogP contribution < -0.4 is 0 Å². The molecule has 2 aromatic carbocycles. The molecule has 0 spiro atoms. The molecular formula is C19H22O. The monoisotopic (exact) mass is 266 g/mol. The Labute approximate surface area is 121 Å². The Bertz CT molecular complexity index is 523. The third-order valence-corrected chi connectivity index (χ3v) is 4.46. The van der Waals surface area contributed by atoms with Crippen LogP contribution in [0, 0.1) is 5.92 Å². The highest BCUT2D eigenvalue weighted by Gasteiger charge is 2.22. The molecule has 1 saturated carbocycles. The van der Waals surface area contributed by atoms with Gasteiger partial charge in [0.1, 0.15) is 0 Å². The highest BCUT2D eigenvalue weighted by atomic mass is 16.3. The van der Waals surface area contributed by atoms with E-state index in [0.717, 1.165) is 5.56 Å². The molecule has 104 valence electrons. The van der Waals surface area contributed by atoms with Crippen LogP contribution >= 0.6 is 0 Å². The van der Waals surface area contributed by atoms with E-state index < -0.39 is 0 Å². The molecule has 1 unspecified atom stereocenters. The molecule has 0 heterocycles. The second-order valence-corrected chi connectivity index (χ2v) is 5.83. The van der Waals surface area contributed by atoms with E-state index in [9.17, 15) is 5.11 Å². The lowest BCUT2D eigenvalue weighted by molar-refractivity contribution is 0.0848. The van der Waals surface area contributed by atoms with Gasteiger partial charge >= 0.3 is 0 Å². The highest BCUT2D eigenvalue weighted by Crippen LogP contribution is 2.34. The molecule has 2 aromatic rings. The zero-order chi connectivity index (χ0) is 13.8. The quantitative estimate of drug-likeness (QED) is 0.831. The molecule has 1 N–H and O–H groups in total. The fraction of sp³-hybridized carbons (Fsp3) is 0.368. The Kier molecular flexibility index (Phi) is 4.17. The Morgan fingerprint density at radius 1 is 0.750 bits per heavy atom. The predicted octanol–water partition coefficient (Wildman–Crippen LogP) is 4.97. The molecule has 1 nitrogen and oxygen atoms in total. The maximum absolute atomic E-state index is 10.5. The summed E-state index contributed by atoms with van der Waals surface area (Å²) in [5.74, 6) is 0.450. The first kappa shape index (κ1) is 13.4. The van der Waals surface area contributed by atoms with Gasteiger partial charge in [-0.2, -0.15) is 0 Å². The van der Waals surface area contributed by atoms with Crippen LogP contribution in [0.2, 0.25) is 0 Å². The third-order valence-electron chi connectivity index (χ3n) is 4.46. The molecule has 1 aliphatic carbocycles. The van der Waals surface area contributed by atoms with Crippen molar-refractivity contribution in [2.45, 2.75) is 38.2 Å². The van der Waals surface area contributed by atoms with Gasteiger partial charge in [-0.15, -0.1) is 0 Å². The first-order valence-corrected chi connectivity index (χ1v) is 7.68. The van der Waals surface area contributed by atoms with E-state index in [0.29, 0.717) is 5.92 Å². The van der Waals surface area contributed by atoms with Crippen molar-refractivity contribution in [3.63, 3.8) is 0 Å². The molecule has 0 radical (unpaired) electrons. The van der Waals surface area contributed by atoms with Crippen LogP contribution in [-0.4, -0.2) is 5.11 Å². The molecule has 0 bridgehead atoms. The Morgan fingerprint density at radius 3 is 2.00 bits per heavy atom. The van der Waals surface area contributed by atoms with Gasteiger partial charge in [0.2, 0.25) is 0 Å². The standard InChI is InChI=1S/C19H22O/c20-19(17-9-5-2-6-10-17)18-13-11-16(12-14-18)15-7-3-1-4-8-15/h1,3-4,7-8,11-14,17,19-20H,2,5-6,9-10H2. The van der Waals surface area contributed by atoms with Crippen molar-refractivity contribution in [1.29, 1.82) is 0 Å². The van der Waals surface area contributed by atoms with Gasteiger partial charge in [0.15, 0.2) is 0 Å². The first-order chi connectivity index (χ1) is 9.84. The summed E-state index contributed by atoms with van der Waals surface area (Å²) < 4.78 is 0. The van der Waals surface area contributed by atoms with E-state index in [1.165, 1.54) is 43.2 Å². The minimum atomic E-state index is -0.292. The molecule has 0 aliphatic heterocycles. The van der Waals surface area contributed by atoms with Gasteiger partial charge in [-0.3, -0.25) is 0 Å². The SMILES string of the molecule is OC(c1ccc(-c2ccccc2)cc1)C1CCCCC1. The molecular weight excluding hydrogens is 244 g/mol. The van der Waals surface area contributed by atoms with E-state index >= 15 is 0 Å². The number of benzene rings is 2. The third kappa shape index (κ3) is 2.94. The van der Waals surface area contributed by atoms with Crippen LogP contribution in [0.4, 0.5) is 0 Å². The van der Waals surface area contributed by atoms with E-state index in [1.807, 2.05) is 6.07 Å². The van der Waals surface area contributed by atoms with E-state index in [-0.39, 0.29) is 6.10 Å². The highest BCUT2D eigenvalue weighted by molar-refractivity contribution is 5.63. The molecule has 1 heteroatoms. The summed E-state index contributed by atoms with van der Waals surface area (Å²) in [5, 5.41) is 10.5. The molecule has 1 fully saturated rings. The molecule has 0 aromatic heterocycles. The Morgan fingerprint density at radius 2 is 1.35 bits per heavy atom. The summed E-state index contributed by atoms with van der Waals surface area (Å²) in [5.41, 5.74) is 3.51. The molecule has 0 amide bonds. The van der Waals surface area contributed by atoms with Gasteiger partial charge in [-0.05, 0) is 35.4 Å². The first-order valence-electron chi connectivity index (χ1n) is 7.68. The minimum absolute atomic E-state index is 0.292. The fourth-order valence-electron chi connectivity index (χ4n) is 3.23. The van der Waals surface area contributed by atoms with Crippen molar-refractivity contribution < 1.29 is 5.11 Å². The average Bonchev–Trinajstić information content (AvgIpc) is 2.56. The zero-order valence-corrected chi connectivity index (χ0v) is 11.8. The molecule has 1 aliphatic rings. The van der Waals surface area contributed by atoms with Crippen LogP contribution in [-0.2, 0) is 0 Å². The number of rotatable bonds is 3. The Balaban J connectivity index is 1.75. The van der Waals surface area contributed by atoms with Gasteiger partial charge in [-0.25, -0.2) is 0 Å². The summed E-state index contributed by atoms with van der Waals surface area (Å²) in [4.78, 5) is 0. The number of hydrogen-bond acceptors (Lipinski definition) is 1. The van der Waals surface area contributed by atoms with Crippen molar-refractivity contribution >= 4 is 0 Å². The smallest absolute Gasteiger partial charge is 0.0818 e. The van der Waals surface area contributed by atoms with Crippen molar-refractivity contribution in [1.82, 2.24) is 0 Å². The largest absolute Gasteiger partial charge is 0.388 e. The molecule has 1 atom stereocenters. The maximum atomic E-state index is 10.5. The molecule has 3 rings (SSSR count). The fourth-order valence-corrected chi connectivity index (χ4v) is 3.23. The zero-order valence-electron chi connectivity index (χ0n) is 11.8. The average molecular weight is 266 g/mol. The van der Waals surface area contributed by atoms with Crippen LogP contribution in [0.5, 0.6) is 0 Å². The summed E-state index contributed by atoms with van der Waals surface area (Å²) in [6, 6.07) is 18.8. The van der Waals surface area contributed by atoms with Crippen molar-refractivity contribution in [3.05, 3.63) is 60.2 Å². The van der Waals surface area contributed by atoms with E-state index in [4.69, 9.17) is 0 Å². The van der Waals surface area contributed by atoms with Crippen molar-refractivity contribution in [2.24, 2.45) is 5.92 Å². The maximum Gasteiger partial charge on any atom is 0.0818 e. The summed E-state index contributed by atoms with van der Waals surface area (Å²) >= 11 is 0. The summed E-state index contributed by atoms with van der Waals surface area (Å²) in [6.07, 6.45) is 5.91. The van der Waals surface area contributed by atoms with Crippen LogP contribution in [0.3, 0.4) is 0 Å². The number of aliphatic hydroxyl groups is 1. The number of aliphatic hydroxyl groups excluding tert-OH is 1. The molecule has 20 heavy (non-hydrogen) atoms. The van der Waals surface area contributed by atoms with Gasteiger partial charge in [0.25, 0.3) is 0 Å².